The summed E-state index contributed by atoms with van der Waals surface area (Å²) in [5, 5.41) is 3.52. The fraction of sp³-hybridized carbons (Fsp3) is 0.692. The highest BCUT2D eigenvalue weighted by Crippen LogP contribution is 2.19. The average Bonchev–Trinajstić information content (AvgIpc) is 2.69. The number of aromatic nitrogens is 1. The number of sulfone groups is 1. The molecule has 1 amide bonds. The molecule has 1 saturated heterocycles. The molecule has 112 valence electrons. The smallest absolute Gasteiger partial charge is 0.227 e. The van der Waals surface area contributed by atoms with Gasteiger partial charge >= 0.3 is 0 Å². The molecule has 1 aliphatic heterocycles. The molecular formula is C13H20N2O4S. The van der Waals surface area contributed by atoms with Crippen molar-refractivity contribution in [1.82, 2.24) is 10.1 Å². The molecule has 1 fully saturated rings. The molecule has 1 aliphatic rings. The Hall–Kier alpha value is -1.37. The zero-order chi connectivity index (χ0) is 14.9. The maximum atomic E-state index is 12.2. The average molecular weight is 300 g/mol. The van der Waals surface area contributed by atoms with Crippen LogP contribution in [0.1, 0.15) is 29.9 Å². The zero-order valence-corrected chi connectivity index (χ0v) is 12.9. The van der Waals surface area contributed by atoms with E-state index in [1.807, 2.05) is 6.92 Å². The van der Waals surface area contributed by atoms with E-state index in [2.05, 4.69) is 5.16 Å². The van der Waals surface area contributed by atoms with Gasteiger partial charge in [-0.2, -0.15) is 0 Å². The van der Waals surface area contributed by atoms with Crippen molar-refractivity contribution in [2.75, 3.05) is 19.3 Å². The van der Waals surface area contributed by atoms with Crippen molar-refractivity contribution in [3.8, 4) is 0 Å². The third kappa shape index (κ3) is 3.20. The van der Waals surface area contributed by atoms with Gasteiger partial charge in [-0.15, -0.1) is 0 Å². The highest BCUT2D eigenvalue weighted by molar-refractivity contribution is 7.91. The predicted molar refractivity (Wildman–Crippen MR) is 74.1 cm³/mol. The quantitative estimate of drug-likeness (QED) is 0.827. The van der Waals surface area contributed by atoms with Crippen LogP contribution in [0, 0.1) is 13.8 Å². The third-order valence-corrected chi connectivity index (χ3v) is 5.59. The second-order valence-corrected chi connectivity index (χ2v) is 7.71. The number of rotatable bonds is 3. The first-order valence-corrected chi connectivity index (χ1v) is 8.63. The topological polar surface area (TPSA) is 80.5 Å². The molecule has 1 aromatic rings. The van der Waals surface area contributed by atoms with Crippen LogP contribution in [0.4, 0.5) is 0 Å². The summed E-state index contributed by atoms with van der Waals surface area (Å²) >= 11 is 0. The van der Waals surface area contributed by atoms with Gasteiger partial charge in [0.1, 0.15) is 15.6 Å². The lowest BCUT2D eigenvalue weighted by Crippen LogP contribution is -2.43. The molecule has 20 heavy (non-hydrogen) atoms. The SMILES string of the molecule is Cc1noc(C)c1CC(=O)N1CCC(S(C)(=O)=O)CC1. The van der Waals surface area contributed by atoms with E-state index in [4.69, 9.17) is 4.52 Å². The van der Waals surface area contributed by atoms with Gasteiger partial charge in [0, 0.05) is 24.9 Å². The second kappa shape index (κ2) is 5.55. The highest BCUT2D eigenvalue weighted by Gasteiger charge is 2.29. The van der Waals surface area contributed by atoms with Crippen LogP contribution in [0.2, 0.25) is 0 Å². The molecule has 0 spiro atoms. The Morgan fingerprint density at radius 3 is 2.40 bits per heavy atom. The summed E-state index contributed by atoms with van der Waals surface area (Å²) in [5.41, 5.74) is 1.57. The van der Waals surface area contributed by atoms with Crippen LogP contribution in [-0.4, -0.2) is 49.0 Å². The van der Waals surface area contributed by atoms with E-state index in [0.29, 0.717) is 31.7 Å². The van der Waals surface area contributed by atoms with Gasteiger partial charge in [-0.1, -0.05) is 5.16 Å². The summed E-state index contributed by atoms with van der Waals surface area (Å²) in [7, 11) is -3.00. The normalized spacial score (nSPS) is 17.4. The van der Waals surface area contributed by atoms with Gasteiger partial charge in [0.05, 0.1) is 17.4 Å². The van der Waals surface area contributed by atoms with Crippen LogP contribution in [-0.2, 0) is 21.1 Å². The molecule has 2 heterocycles. The molecule has 2 rings (SSSR count). The Morgan fingerprint density at radius 1 is 1.35 bits per heavy atom. The molecule has 1 aromatic heterocycles. The van der Waals surface area contributed by atoms with E-state index in [0.717, 1.165) is 11.3 Å². The standard InChI is InChI=1S/C13H20N2O4S/c1-9-12(10(2)19-14-9)8-13(16)15-6-4-11(5-7-15)20(3,17)18/h11H,4-8H2,1-3H3. The summed E-state index contributed by atoms with van der Waals surface area (Å²) in [6, 6.07) is 0. The van der Waals surface area contributed by atoms with Gasteiger partial charge < -0.3 is 9.42 Å². The Kier molecular flexibility index (Phi) is 4.17. The lowest BCUT2D eigenvalue weighted by molar-refractivity contribution is -0.131. The van der Waals surface area contributed by atoms with E-state index >= 15 is 0 Å². The predicted octanol–water partition coefficient (Wildman–Crippen LogP) is 0.870. The van der Waals surface area contributed by atoms with Gasteiger partial charge in [-0.05, 0) is 26.7 Å². The van der Waals surface area contributed by atoms with Crippen molar-refractivity contribution in [3.63, 3.8) is 0 Å². The molecule has 0 bridgehead atoms. The van der Waals surface area contributed by atoms with Crippen molar-refractivity contribution in [2.45, 2.75) is 38.4 Å². The molecule has 0 unspecified atom stereocenters. The van der Waals surface area contributed by atoms with Gasteiger partial charge in [-0.25, -0.2) is 8.42 Å². The van der Waals surface area contributed by atoms with Crippen molar-refractivity contribution < 1.29 is 17.7 Å². The lowest BCUT2D eigenvalue weighted by Gasteiger charge is -2.31. The first-order chi connectivity index (χ1) is 9.29. The summed E-state index contributed by atoms with van der Waals surface area (Å²) in [6.07, 6.45) is 2.57. The third-order valence-electron chi connectivity index (χ3n) is 3.91. The molecule has 0 N–H and O–H groups in total. The van der Waals surface area contributed by atoms with Crippen LogP contribution in [0.15, 0.2) is 4.52 Å². The molecule has 0 saturated carbocycles. The molecule has 7 heteroatoms. The van der Waals surface area contributed by atoms with Crippen molar-refractivity contribution in [3.05, 3.63) is 17.0 Å². The first-order valence-electron chi connectivity index (χ1n) is 6.67. The van der Waals surface area contributed by atoms with Crippen LogP contribution in [0.25, 0.3) is 0 Å². The van der Waals surface area contributed by atoms with Gasteiger partial charge in [0.15, 0.2) is 0 Å². The number of piperidine rings is 1. The fourth-order valence-electron chi connectivity index (χ4n) is 2.55. The van der Waals surface area contributed by atoms with Crippen molar-refractivity contribution in [1.29, 1.82) is 0 Å². The molecule has 0 radical (unpaired) electrons. The Morgan fingerprint density at radius 2 is 1.95 bits per heavy atom. The van der Waals surface area contributed by atoms with Crippen LogP contribution < -0.4 is 0 Å². The highest BCUT2D eigenvalue weighted by atomic mass is 32.2. The van der Waals surface area contributed by atoms with Crippen molar-refractivity contribution in [2.24, 2.45) is 0 Å². The Balaban J connectivity index is 1.96. The van der Waals surface area contributed by atoms with E-state index in [1.54, 1.807) is 11.8 Å². The number of carbonyl (C=O) groups is 1. The van der Waals surface area contributed by atoms with Crippen LogP contribution in [0.3, 0.4) is 0 Å². The molecule has 0 atom stereocenters. The fourth-order valence-corrected chi connectivity index (χ4v) is 3.62. The maximum absolute atomic E-state index is 12.2. The Labute approximate surface area is 119 Å². The summed E-state index contributed by atoms with van der Waals surface area (Å²) in [4.78, 5) is 14.0. The van der Waals surface area contributed by atoms with E-state index in [9.17, 15) is 13.2 Å². The minimum atomic E-state index is -3.00. The summed E-state index contributed by atoms with van der Waals surface area (Å²) in [5.74, 6) is 0.674. The second-order valence-electron chi connectivity index (χ2n) is 5.39. The van der Waals surface area contributed by atoms with Gasteiger partial charge in [0.25, 0.3) is 0 Å². The lowest BCUT2D eigenvalue weighted by atomic mass is 10.1. The number of aryl methyl sites for hydroxylation is 2. The first kappa shape index (κ1) is 15.0. The Bertz CT molecular complexity index is 578. The van der Waals surface area contributed by atoms with Crippen LogP contribution >= 0.6 is 0 Å². The minimum Gasteiger partial charge on any atom is -0.361 e. The number of hydrogen-bond acceptors (Lipinski definition) is 5. The molecule has 0 aromatic carbocycles. The number of nitrogens with zero attached hydrogens (tertiary/aromatic N) is 2. The number of carbonyl (C=O) groups excluding carboxylic acids is 1. The number of amides is 1. The monoisotopic (exact) mass is 300 g/mol. The zero-order valence-electron chi connectivity index (χ0n) is 12.0. The number of hydrogen-bond donors (Lipinski definition) is 0. The van der Waals surface area contributed by atoms with E-state index in [1.165, 1.54) is 6.26 Å². The van der Waals surface area contributed by atoms with E-state index in [-0.39, 0.29) is 17.6 Å². The number of likely N-dealkylation sites (tertiary alicyclic amines) is 1. The minimum absolute atomic E-state index is 0.00588. The largest absolute Gasteiger partial charge is 0.361 e. The molecular weight excluding hydrogens is 280 g/mol. The molecule has 0 aliphatic carbocycles. The maximum Gasteiger partial charge on any atom is 0.227 e. The van der Waals surface area contributed by atoms with Crippen LogP contribution in [0.5, 0.6) is 0 Å². The van der Waals surface area contributed by atoms with Gasteiger partial charge in [0.2, 0.25) is 5.91 Å². The molecule has 6 nitrogen and oxygen atoms in total. The van der Waals surface area contributed by atoms with Crippen molar-refractivity contribution >= 4 is 15.7 Å². The summed E-state index contributed by atoms with van der Waals surface area (Å²) in [6.45, 7) is 4.60. The summed E-state index contributed by atoms with van der Waals surface area (Å²) < 4.78 is 28.0. The van der Waals surface area contributed by atoms with Gasteiger partial charge in [-0.3, -0.25) is 4.79 Å². The van der Waals surface area contributed by atoms with E-state index < -0.39 is 9.84 Å².